The van der Waals surface area contributed by atoms with Crippen molar-refractivity contribution in [2.75, 3.05) is 47.5 Å². The number of carbonyl (C=O) groups excluding carboxylic acids is 2. The molecule has 0 heterocycles. The molecule has 0 aromatic rings. The van der Waals surface area contributed by atoms with Gasteiger partial charge in [0.05, 0.1) is 27.7 Å². The van der Waals surface area contributed by atoms with Crippen LogP contribution in [-0.4, -0.2) is 74.9 Å². The normalized spacial score (nSPS) is 13.9. The van der Waals surface area contributed by atoms with Crippen LogP contribution in [0.2, 0.25) is 0 Å². The van der Waals surface area contributed by atoms with Gasteiger partial charge in [0, 0.05) is 12.8 Å². The lowest BCUT2D eigenvalue weighted by atomic mass is 10.1. The van der Waals surface area contributed by atoms with Crippen LogP contribution in [0, 0.1) is 0 Å². The van der Waals surface area contributed by atoms with Crippen molar-refractivity contribution in [2.24, 2.45) is 0 Å². The highest BCUT2D eigenvalue weighted by atomic mass is 31.2. The van der Waals surface area contributed by atoms with E-state index in [9.17, 15) is 19.0 Å². The Morgan fingerprint density at radius 3 is 1.56 bits per heavy atom. The van der Waals surface area contributed by atoms with Crippen LogP contribution in [0.4, 0.5) is 0 Å². The topological polar surface area (TPSA) is 108 Å². The molecule has 0 aromatic carbocycles. The summed E-state index contributed by atoms with van der Waals surface area (Å²) in [6, 6.07) is 0. The molecule has 0 spiro atoms. The standard InChI is InChI=1S/C42H80NO8P/c1-6-8-10-12-14-16-17-18-19-20-21-22-23-24-25-27-29-31-33-35-42(45)51-40(39-50-52(46,47)49-37-36-43(3,4)5)38-48-41(44)34-32-30-28-26-15-13-11-9-7-2/h14,16,18-19,40H,6-13,15,17,20-39H2,1-5H3/p+1/b16-14-,19-18-/t40-/m1/s1. The van der Waals surface area contributed by atoms with Crippen LogP contribution in [0.25, 0.3) is 0 Å². The van der Waals surface area contributed by atoms with E-state index in [-0.39, 0.29) is 25.6 Å². The average molecular weight is 759 g/mol. The lowest BCUT2D eigenvalue weighted by Gasteiger charge is -2.24. The van der Waals surface area contributed by atoms with Crippen molar-refractivity contribution in [3.8, 4) is 0 Å². The molecule has 306 valence electrons. The summed E-state index contributed by atoms with van der Waals surface area (Å²) in [5.41, 5.74) is 0. The molecule has 52 heavy (non-hydrogen) atoms. The first kappa shape index (κ1) is 50.5. The molecule has 0 amide bonds. The summed E-state index contributed by atoms with van der Waals surface area (Å²) in [5.74, 6) is -0.803. The van der Waals surface area contributed by atoms with Crippen molar-refractivity contribution in [3.05, 3.63) is 24.3 Å². The number of hydrogen-bond acceptors (Lipinski definition) is 7. The third-order valence-corrected chi connectivity index (χ3v) is 9.97. The molecule has 0 fully saturated rings. The van der Waals surface area contributed by atoms with E-state index >= 15 is 0 Å². The van der Waals surface area contributed by atoms with Gasteiger partial charge in [0.1, 0.15) is 19.8 Å². The maximum absolute atomic E-state index is 12.7. The zero-order valence-corrected chi connectivity index (χ0v) is 35.2. The lowest BCUT2D eigenvalue weighted by Crippen LogP contribution is -2.37. The second kappa shape index (κ2) is 35.2. The maximum Gasteiger partial charge on any atom is 0.472 e. The Labute approximate surface area is 319 Å². The van der Waals surface area contributed by atoms with E-state index in [0.717, 1.165) is 44.9 Å². The maximum atomic E-state index is 12.7. The van der Waals surface area contributed by atoms with Gasteiger partial charge in [-0.2, -0.15) is 0 Å². The number of phosphoric ester groups is 1. The number of carbonyl (C=O) groups is 2. The molecule has 10 heteroatoms. The first-order valence-corrected chi connectivity index (χ1v) is 22.6. The Morgan fingerprint density at radius 1 is 0.596 bits per heavy atom. The fraction of sp³-hybridized carbons (Fsp3) is 0.857. The summed E-state index contributed by atoms with van der Waals surface area (Å²) in [7, 11) is 1.48. The van der Waals surface area contributed by atoms with Crippen molar-refractivity contribution in [3.63, 3.8) is 0 Å². The fourth-order valence-electron chi connectivity index (χ4n) is 5.63. The molecule has 0 aromatic heterocycles. The Bertz CT molecular complexity index is 949. The summed E-state index contributed by atoms with van der Waals surface area (Å²) in [6.07, 6.45) is 36.5. The smallest absolute Gasteiger partial charge is 0.462 e. The van der Waals surface area contributed by atoms with E-state index in [1.165, 1.54) is 103 Å². The van der Waals surface area contributed by atoms with Crippen molar-refractivity contribution in [2.45, 2.75) is 187 Å². The van der Waals surface area contributed by atoms with E-state index in [4.69, 9.17) is 18.5 Å². The zero-order chi connectivity index (χ0) is 38.6. The van der Waals surface area contributed by atoms with Crippen LogP contribution in [-0.2, 0) is 32.7 Å². The van der Waals surface area contributed by atoms with E-state index in [2.05, 4.69) is 38.2 Å². The molecule has 0 saturated heterocycles. The molecule has 0 aliphatic heterocycles. The van der Waals surface area contributed by atoms with Gasteiger partial charge in [-0.1, -0.05) is 147 Å². The molecule has 9 nitrogen and oxygen atoms in total. The highest BCUT2D eigenvalue weighted by Crippen LogP contribution is 2.43. The Balaban J connectivity index is 4.31. The number of hydrogen-bond donors (Lipinski definition) is 1. The largest absolute Gasteiger partial charge is 0.472 e. The first-order chi connectivity index (χ1) is 25.0. The summed E-state index contributed by atoms with van der Waals surface area (Å²) in [4.78, 5) is 35.2. The monoisotopic (exact) mass is 759 g/mol. The third kappa shape index (κ3) is 38.2. The second-order valence-corrected chi connectivity index (χ2v) is 16.8. The van der Waals surface area contributed by atoms with Gasteiger partial charge in [-0.3, -0.25) is 18.6 Å². The number of ether oxygens (including phenoxy) is 2. The van der Waals surface area contributed by atoms with Crippen molar-refractivity contribution in [1.29, 1.82) is 0 Å². The van der Waals surface area contributed by atoms with E-state index in [1.54, 1.807) is 0 Å². The van der Waals surface area contributed by atoms with Gasteiger partial charge in [0.15, 0.2) is 6.10 Å². The number of unbranched alkanes of at least 4 members (excludes halogenated alkanes) is 20. The van der Waals surface area contributed by atoms with E-state index in [0.29, 0.717) is 23.9 Å². The number of esters is 2. The molecule has 1 N–H and O–H groups in total. The lowest BCUT2D eigenvalue weighted by molar-refractivity contribution is -0.870. The Hall–Kier alpha value is -1.51. The van der Waals surface area contributed by atoms with Gasteiger partial charge in [-0.25, -0.2) is 4.57 Å². The molecule has 1 unspecified atom stereocenters. The number of allylic oxidation sites excluding steroid dienone is 4. The molecule has 0 bridgehead atoms. The summed E-state index contributed by atoms with van der Waals surface area (Å²) >= 11 is 0. The van der Waals surface area contributed by atoms with Gasteiger partial charge < -0.3 is 18.9 Å². The third-order valence-electron chi connectivity index (χ3n) is 8.98. The number of likely N-dealkylation sites (N-methyl/N-ethyl adjacent to an activating group) is 1. The summed E-state index contributed by atoms with van der Waals surface area (Å²) in [5, 5.41) is 0. The first-order valence-electron chi connectivity index (χ1n) is 21.1. The molecule has 0 aliphatic rings. The van der Waals surface area contributed by atoms with Crippen LogP contribution in [0.15, 0.2) is 24.3 Å². The molecular weight excluding hydrogens is 677 g/mol. The van der Waals surface area contributed by atoms with Gasteiger partial charge >= 0.3 is 19.8 Å². The van der Waals surface area contributed by atoms with Crippen LogP contribution < -0.4 is 0 Å². The van der Waals surface area contributed by atoms with E-state index in [1.807, 2.05) is 21.1 Å². The average Bonchev–Trinajstić information content (AvgIpc) is 3.09. The minimum Gasteiger partial charge on any atom is -0.462 e. The Morgan fingerprint density at radius 2 is 1.04 bits per heavy atom. The zero-order valence-electron chi connectivity index (χ0n) is 34.3. The number of quaternary nitrogens is 1. The van der Waals surface area contributed by atoms with Gasteiger partial charge in [0.2, 0.25) is 0 Å². The fourth-order valence-corrected chi connectivity index (χ4v) is 6.37. The van der Waals surface area contributed by atoms with Crippen LogP contribution >= 0.6 is 7.82 Å². The van der Waals surface area contributed by atoms with Crippen molar-refractivity contribution < 1.29 is 42.1 Å². The van der Waals surface area contributed by atoms with Crippen molar-refractivity contribution in [1.82, 2.24) is 0 Å². The number of nitrogens with zero attached hydrogens (tertiary/aromatic N) is 1. The Kier molecular flexibility index (Phi) is 34.2. The van der Waals surface area contributed by atoms with Crippen LogP contribution in [0.5, 0.6) is 0 Å². The highest BCUT2D eigenvalue weighted by molar-refractivity contribution is 7.47. The minimum absolute atomic E-state index is 0.0324. The van der Waals surface area contributed by atoms with Gasteiger partial charge in [0.25, 0.3) is 0 Å². The molecule has 0 aliphatic carbocycles. The summed E-state index contributed by atoms with van der Waals surface area (Å²) < 4.78 is 34.2. The van der Waals surface area contributed by atoms with E-state index < -0.39 is 26.5 Å². The highest BCUT2D eigenvalue weighted by Gasteiger charge is 2.27. The molecular formula is C42H81NO8P+. The SMILES string of the molecule is CCCCC/C=C\C/C=C\CCCCCCCCCCCC(=O)O[C@H](COC(=O)CCCCCCCCCCC)COP(=O)(O)OCC[N+](C)(C)C. The predicted octanol–water partition coefficient (Wildman–Crippen LogP) is 11.6. The minimum atomic E-state index is -4.37. The van der Waals surface area contributed by atoms with Gasteiger partial charge in [-0.15, -0.1) is 0 Å². The van der Waals surface area contributed by atoms with Crippen molar-refractivity contribution >= 4 is 19.8 Å². The predicted molar refractivity (Wildman–Crippen MR) is 215 cm³/mol. The number of phosphoric acid groups is 1. The van der Waals surface area contributed by atoms with Crippen LogP contribution in [0.3, 0.4) is 0 Å². The van der Waals surface area contributed by atoms with Gasteiger partial charge in [-0.05, 0) is 44.9 Å². The summed E-state index contributed by atoms with van der Waals surface area (Å²) in [6.45, 7) is 4.37. The molecule has 0 saturated carbocycles. The number of rotatable bonds is 38. The molecule has 0 radical (unpaired) electrons. The second-order valence-electron chi connectivity index (χ2n) is 15.4. The van der Waals surface area contributed by atoms with Crippen LogP contribution in [0.1, 0.15) is 181 Å². The molecule has 2 atom stereocenters. The molecule has 0 rings (SSSR count). The quantitative estimate of drug-likeness (QED) is 0.0218.